The van der Waals surface area contributed by atoms with Gasteiger partial charge < -0.3 is 9.26 Å². The van der Waals surface area contributed by atoms with Gasteiger partial charge in [-0.3, -0.25) is 9.80 Å². The van der Waals surface area contributed by atoms with Gasteiger partial charge in [0.25, 0.3) is 5.89 Å². The standard InChI is InChI=1S/C19H22N4O2S/c1-24-17-4-2-16(3-5-17)19-20-18(21-25-19)13-23-9-7-22(8-10-23)12-15-6-11-26-14-15/h2-6,11,14H,7-10,12-13H2,1H3. The van der Waals surface area contributed by atoms with Gasteiger partial charge in [-0.2, -0.15) is 16.3 Å². The van der Waals surface area contributed by atoms with E-state index in [-0.39, 0.29) is 0 Å². The zero-order valence-corrected chi connectivity index (χ0v) is 15.6. The topological polar surface area (TPSA) is 54.6 Å². The van der Waals surface area contributed by atoms with E-state index in [0.717, 1.165) is 56.4 Å². The van der Waals surface area contributed by atoms with Crippen molar-refractivity contribution in [3.05, 3.63) is 52.5 Å². The summed E-state index contributed by atoms with van der Waals surface area (Å²) in [6.07, 6.45) is 0. The summed E-state index contributed by atoms with van der Waals surface area (Å²) in [7, 11) is 1.65. The molecular weight excluding hydrogens is 348 g/mol. The number of thiophene rings is 1. The van der Waals surface area contributed by atoms with Crippen molar-refractivity contribution in [2.24, 2.45) is 0 Å². The maximum atomic E-state index is 5.42. The summed E-state index contributed by atoms with van der Waals surface area (Å²) in [6, 6.07) is 9.85. The van der Waals surface area contributed by atoms with Gasteiger partial charge in [0.2, 0.25) is 0 Å². The van der Waals surface area contributed by atoms with Gasteiger partial charge in [-0.1, -0.05) is 5.16 Å². The van der Waals surface area contributed by atoms with Crippen molar-refractivity contribution in [2.75, 3.05) is 33.3 Å². The Morgan fingerprint density at radius 3 is 2.42 bits per heavy atom. The Hall–Kier alpha value is -2.22. The van der Waals surface area contributed by atoms with Gasteiger partial charge in [0.1, 0.15) is 5.75 Å². The first-order valence-electron chi connectivity index (χ1n) is 8.73. The fraction of sp³-hybridized carbons (Fsp3) is 0.368. The highest BCUT2D eigenvalue weighted by atomic mass is 32.1. The van der Waals surface area contributed by atoms with E-state index >= 15 is 0 Å². The molecule has 0 unspecified atom stereocenters. The minimum atomic E-state index is 0.554. The number of aromatic nitrogens is 2. The predicted octanol–water partition coefficient (Wildman–Crippen LogP) is 3.12. The molecule has 0 saturated carbocycles. The van der Waals surface area contributed by atoms with E-state index in [4.69, 9.17) is 9.26 Å². The Balaban J connectivity index is 1.30. The summed E-state index contributed by atoms with van der Waals surface area (Å²) in [5.41, 5.74) is 2.32. The predicted molar refractivity (Wildman–Crippen MR) is 101 cm³/mol. The lowest BCUT2D eigenvalue weighted by Gasteiger charge is -2.33. The van der Waals surface area contributed by atoms with E-state index in [2.05, 4.69) is 36.8 Å². The van der Waals surface area contributed by atoms with Crippen LogP contribution in [-0.2, 0) is 13.1 Å². The molecule has 3 aromatic rings. The third-order valence-electron chi connectivity index (χ3n) is 4.62. The molecule has 3 heterocycles. The number of hydrogen-bond acceptors (Lipinski definition) is 7. The first kappa shape index (κ1) is 17.2. The van der Waals surface area contributed by atoms with Crippen molar-refractivity contribution in [1.82, 2.24) is 19.9 Å². The Morgan fingerprint density at radius 1 is 1.04 bits per heavy atom. The van der Waals surface area contributed by atoms with Gasteiger partial charge in [0.05, 0.1) is 13.7 Å². The first-order valence-corrected chi connectivity index (χ1v) is 9.67. The number of benzene rings is 1. The third-order valence-corrected chi connectivity index (χ3v) is 5.35. The smallest absolute Gasteiger partial charge is 0.257 e. The number of hydrogen-bond donors (Lipinski definition) is 0. The number of piperazine rings is 1. The second kappa shape index (κ2) is 7.99. The number of nitrogens with zero attached hydrogens (tertiary/aromatic N) is 4. The van der Waals surface area contributed by atoms with Crippen LogP contribution in [-0.4, -0.2) is 53.2 Å². The molecule has 0 bridgehead atoms. The van der Waals surface area contributed by atoms with Crippen molar-refractivity contribution >= 4 is 11.3 Å². The summed E-state index contributed by atoms with van der Waals surface area (Å²) in [6.45, 7) is 5.96. The van der Waals surface area contributed by atoms with Crippen molar-refractivity contribution in [1.29, 1.82) is 0 Å². The molecular formula is C19H22N4O2S. The van der Waals surface area contributed by atoms with Gasteiger partial charge >= 0.3 is 0 Å². The first-order chi connectivity index (χ1) is 12.8. The average molecular weight is 370 g/mol. The second-order valence-electron chi connectivity index (χ2n) is 6.43. The largest absolute Gasteiger partial charge is 0.497 e. The maximum Gasteiger partial charge on any atom is 0.257 e. The monoisotopic (exact) mass is 370 g/mol. The summed E-state index contributed by atoms with van der Waals surface area (Å²) in [5.74, 6) is 2.11. The molecule has 0 radical (unpaired) electrons. The quantitative estimate of drug-likeness (QED) is 0.664. The van der Waals surface area contributed by atoms with Crippen molar-refractivity contribution in [3.8, 4) is 17.2 Å². The van der Waals surface area contributed by atoms with E-state index < -0.39 is 0 Å². The molecule has 0 atom stereocenters. The van der Waals surface area contributed by atoms with Crippen LogP contribution in [0.3, 0.4) is 0 Å². The number of methoxy groups -OCH3 is 1. The SMILES string of the molecule is COc1ccc(-c2nc(CN3CCN(Cc4ccsc4)CC3)no2)cc1. The lowest BCUT2D eigenvalue weighted by atomic mass is 10.2. The van der Waals surface area contributed by atoms with Gasteiger partial charge in [-0.25, -0.2) is 0 Å². The molecule has 1 saturated heterocycles. The Morgan fingerprint density at radius 2 is 1.77 bits per heavy atom. The molecule has 6 nitrogen and oxygen atoms in total. The minimum Gasteiger partial charge on any atom is -0.497 e. The van der Waals surface area contributed by atoms with Gasteiger partial charge in [0, 0.05) is 38.3 Å². The molecule has 0 N–H and O–H groups in total. The van der Waals surface area contributed by atoms with Crippen molar-refractivity contribution < 1.29 is 9.26 Å². The van der Waals surface area contributed by atoms with Crippen LogP contribution in [0.25, 0.3) is 11.5 Å². The van der Waals surface area contributed by atoms with Gasteiger partial charge in [-0.05, 0) is 46.7 Å². The molecule has 1 aromatic carbocycles. The molecule has 136 valence electrons. The van der Waals surface area contributed by atoms with E-state index in [1.807, 2.05) is 24.3 Å². The number of ether oxygens (including phenoxy) is 1. The van der Waals surface area contributed by atoms with Crippen LogP contribution in [0.2, 0.25) is 0 Å². The highest BCUT2D eigenvalue weighted by Crippen LogP contribution is 2.21. The minimum absolute atomic E-state index is 0.554. The van der Waals surface area contributed by atoms with Crippen LogP contribution in [0.15, 0.2) is 45.6 Å². The summed E-state index contributed by atoms with van der Waals surface area (Å²) in [5, 5.41) is 8.51. The van der Waals surface area contributed by atoms with Crippen molar-refractivity contribution in [2.45, 2.75) is 13.1 Å². The molecule has 26 heavy (non-hydrogen) atoms. The summed E-state index contributed by atoms with van der Waals surface area (Å²) in [4.78, 5) is 9.42. The molecule has 7 heteroatoms. The third kappa shape index (κ3) is 4.12. The van der Waals surface area contributed by atoms with Crippen LogP contribution in [0.4, 0.5) is 0 Å². The Labute approximate surface area is 157 Å². The van der Waals surface area contributed by atoms with E-state index in [1.54, 1.807) is 18.4 Å². The average Bonchev–Trinajstić information content (AvgIpc) is 3.36. The van der Waals surface area contributed by atoms with E-state index in [0.29, 0.717) is 5.89 Å². The summed E-state index contributed by atoms with van der Waals surface area (Å²) < 4.78 is 10.6. The van der Waals surface area contributed by atoms with Gasteiger partial charge in [-0.15, -0.1) is 0 Å². The molecule has 1 aliphatic heterocycles. The highest BCUT2D eigenvalue weighted by molar-refractivity contribution is 7.07. The van der Waals surface area contributed by atoms with Crippen LogP contribution < -0.4 is 4.74 Å². The van der Waals surface area contributed by atoms with Gasteiger partial charge in [0.15, 0.2) is 5.82 Å². The fourth-order valence-corrected chi connectivity index (χ4v) is 3.78. The zero-order valence-electron chi connectivity index (χ0n) is 14.8. The maximum absolute atomic E-state index is 5.42. The van der Waals surface area contributed by atoms with Crippen LogP contribution in [0.1, 0.15) is 11.4 Å². The highest BCUT2D eigenvalue weighted by Gasteiger charge is 2.19. The molecule has 1 fully saturated rings. The van der Waals surface area contributed by atoms with E-state index in [9.17, 15) is 0 Å². The van der Waals surface area contributed by atoms with Crippen LogP contribution in [0, 0.1) is 0 Å². The van der Waals surface area contributed by atoms with Crippen LogP contribution in [0.5, 0.6) is 5.75 Å². The van der Waals surface area contributed by atoms with E-state index in [1.165, 1.54) is 5.56 Å². The number of rotatable bonds is 6. The molecule has 4 rings (SSSR count). The Kier molecular flexibility index (Phi) is 5.29. The lowest BCUT2D eigenvalue weighted by molar-refractivity contribution is 0.119. The molecule has 0 spiro atoms. The lowest BCUT2D eigenvalue weighted by Crippen LogP contribution is -2.45. The fourth-order valence-electron chi connectivity index (χ4n) is 3.12. The molecule has 0 amide bonds. The molecule has 2 aromatic heterocycles. The Bertz CT molecular complexity index is 808. The molecule has 0 aliphatic carbocycles. The summed E-state index contributed by atoms with van der Waals surface area (Å²) >= 11 is 1.76. The van der Waals surface area contributed by atoms with Crippen molar-refractivity contribution in [3.63, 3.8) is 0 Å². The normalized spacial score (nSPS) is 16.0. The zero-order chi connectivity index (χ0) is 17.8. The van der Waals surface area contributed by atoms with Crippen LogP contribution >= 0.6 is 11.3 Å². The second-order valence-corrected chi connectivity index (χ2v) is 7.21. The molecule has 1 aliphatic rings.